The number of hydrogen-bond acceptors (Lipinski definition) is 0. The molecule has 0 saturated carbocycles. The number of hydrogen-bond donors (Lipinski definition) is 0. The van der Waals surface area contributed by atoms with Crippen LogP contribution in [0.15, 0.2) is 0 Å². The number of unbranched alkanes of at least 4 members (excludes halogenated alkanes) is 4. The summed E-state index contributed by atoms with van der Waals surface area (Å²) in [6.45, 7) is 2.24. The Balaban J connectivity index is 2.65. The van der Waals surface area contributed by atoms with Crippen molar-refractivity contribution in [1.29, 1.82) is 0 Å². The fourth-order valence-electron chi connectivity index (χ4n) is 0.640. The van der Waals surface area contributed by atoms with E-state index in [1.165, 1.54) is 32.1 Å². The van der Waals surface area contributed by atoms with E-state index in [-0.39, 0.29) is 0 Å². The maximum atomic E-state index is 3.27. The average Bonchev–Trinajstić information content (AvgIpc) is 1.81. The molecule has 0 spiro atoms. The van der Waals surface area contributed by atoms with Gasteiger partial charge in [0.05, 0.1) is 0 Å². The molecule has 8 heavy (non-hydrogen) atoms. The van der Waals surface area contributed by atoms with Crippen molar-refractivity contribution in [3.05, 3.63) is 0 Å². The second-order valence-electron chi connectivity index (χ2n) is 1.99. The van der Waals surface area contributed by atoms with Crippen molar-refractivity contribution in [2.24, 2.45) is 0 Å². The molecule has 0 aromatic rings. The van der Waals surface area contributed by atoms with E-state index >= 15 is 0 Å². The topological polar surface area (TPSA) is 0 Å². The van der Waals surface area contributed by atoms with Crippen molar-refractivity contribution in [3.8, 4) is 1.28 Å². The summed E-state index contributed by atoms with van der Waals surface area (Å²) in [5.41, 5.74) is 0. The third-order valence-electron chi connectivity index (χ3n) is 1.16. The van der Waals surface area contributed by atoms with Crippen molar-refractivity contribution >= 4 is 0 Å². The van der Waals surface area contributed by atoms with Crippen molar-refractivity contribution in [3.63, 3.8) is 0 Å². The summed E-state index contributed by atoms with van der Waals surface area (Å²) in [6, 6.07) is 0. The van der Waals surface area contributed by atoms with Gasteiger partial charge in [0.1, 0.15) is 0 Å². The second kappa shape index (κ2) is 8.16. The number of rotatable bonds is 4. The fraction of sp³-hybridized carbons (Fsp3) is 0.857. The first-order valence-corrected chi connectivity index (χ1v) is 4.88. The summed E-state index contributed by atoms with van der Waals surface area (Å²) < 4.78 is 3.27. The van der Waals surface area contributed by atoms with Gasteiger partial charge in [0.25, 0.3) is 0 Å². The Kier molecular flexibility index (Phi) is 9.34. The Morgan fingerprint density at radius 3 is 2.50 bits per heavy atom. The first-order chi connectivity index (χ1) is 3.91. The van der Waals surface area contributed by atoms with Gasteiger partial charge >= 0.3 is 79.2 Å². The molecule has 0 heterocycles. The molecule has 0 radical (unpaired) electrons. The molecule has 0 aromatic heterocycles. The van der Waals surface area contributed by atoms with E-state index in [9.17, 15) is 0 Å². The normalized spacial score (nSPS) is 8.88. The predicted octanol–water partition coefficient (Wildman–Crippen LogP) is 2.47. The van der Waals surface area contributed by atoms with E-state index in [0.717, 1.165) is 38.9 Å². The zero-order valence-corrected chi connectivity index (χ0v) is 8.68. The first-order valence-electron chi connectivity index (χ1n) is 3.31. The zero-order chi connectivity index (χ0) is 6.24. The van der Waals surface area contributed by atoms with Crippen LogP contribution in [-0.4, -0.2) is 0 Å². The Morgan fingerprint density at radius 1 is 1.25 bits per heavy atom. The van der Waals surface area contributed by atoms with Gasteiger partial charge in [-0.2, -0.15) is 0 Å². The minimum atomic E-state index is 1.16. The maximum absolute atomic E-state index is 3.27. The van der Waals surface area contributed by atoms with Crippen LogP contribution in [0.25, 0.3) is 0 Å². The van der Waals surface area contributed by atoms with E-state index in [0.29, 0.717) is 0 Å². The zero-order valence-electron chi connectivity index (χ0n) is 5.54. The van der Waals surface area contributed by atoms with Crippen LogP contribution in [0.4, 0.5) is 0 Å². The van der Waals surface area contributed by atoms with Crippen LogP contribution in [0, 0.1) is 40.2 Å². The summed E-state index contributed by atoms with van der Waals surface area (Å²) in [6.07, 6.45) is 6.78. The second-order valence-corrected chi connectivity index (χ2v) is 3.10. The monoisotopic (exact) mass is 237 g/mol. The third kappa shape index (κ3) is 7.16. The summed E-state index contributed by atoms with van der Waals surface area (Å²) in [7, 11) is 0. The van der Waals surface area contributed by atoms with E-state index in [1.54, 1.807) is 0 Å². The molecule has 45 valence electrons. The van der Waals surface area contributed by atoms with Crippen LogP contribution < -0.4 is 0 Å². The molecule has 0 aliphatic carbocycles. The third-order valence-corrected chi connectivity index (χ3v) is 1.94. The predicted molar refractivity (Wildman–Crippen MR) is 32.6 cm³/mol. The van der Waals surface area contributed by atoms with Crippen molar-refractivity contribution in [1.82, 2.24) is 0 Å². The van der Waals surface area contributed by atoms with Gasteiger partial charge in [-0.3, -0.25) is 0 Å². The van der Waals surface area contributed by atoms with Gasteiger partial charge < -0.3 is 0 Å². The molecule has 0 rings (SSSR count). The summed E-state index contributed by atoms with van der Waals surface area (Å²) in [5.74, 6) is 0. The van der Waals surface area contributed by atoms with Gasteiger partial charge in [-0.1, -0.05) is 0 Å². The molecule has 0 aromatic carbocycles. The van der Waals surface area contributed by atoms with Gasteiger partial charge in [0, 0.05) is 0 Å². The van der Waals surface area contributed by atoms with Crippen LogP contribution in [0.2, 0.25) is 0 Å². The Labute approximate surface area is 78.3 Å². The Bertz CT molecular complexity index is 70.9. The quantitative estimate of drug-likeness (QED) is 0.659. The summed E-state index contributed by atoms with van der Waals surface area (Å²) >= 11 is 1.16. The van der Waals surface area contributed by atoms with E-state index in [2.05, 4.69) is 8.21 Å². The molecule has 0 saturated heterocycles. The van der Waals surface area contributed by atoms with Crippen LogP contribution >= 0.6 is 0 Å². The van der Waals surface area contributed by atoms with E-state index in [4.69, 9.17) is 0 Å². The van der Waals surface area contributed by atoms with Crippen molar-refractivity contribution < 1.29 is 38.9 Å². The molecule has 0 bridgehead atoms. The van der Waals surface area contributed by atoms with Gasteiger partial charge in [-0.05, 0) is 0 Å². The van der Waals surface area contributed by atoms with E-state index in [1.807, 2.05) is 0 Å². The average molecular weight is 237 g/mol. The summed E-state index contributed by atoms with van der Waals surface area (Å²) in [4.78, 5) is 0. The Morgan fingerprint density at radius 2 is 2.00 bits per heavy atom. The molecule has 0 amide bonds. The van der Waals surface area contributed by atoms with Gasteiger partial charge in [0.2, 0.25) is 0 Å². The first kappa shape index (κ1) is 9.16. The molecule has 1 heteroatoms. The Hall–Kier alpha value is 1.16. The molecule has 0 fully saturated rings. The molecule has 0 aliphatic heterocycles. The molecular formula is C7H13Ce. The van der Waals surface area contributed by atoms with Gasteiger partial charge in [-0.15, -0.1) is 0 Å². The van der Waals surface area contributed by atoms with E-state index < -0.39 is 0 Å². The standard InChI is InChI=1S/C7H13.Ce/c1-3-5-7-6-4-2;/h3-7H2,1H3;. The van der Waals surface area contributed by atoms with Crippen molar-refractivity contribution in [2.75, 3.05) is 0 Å². The van der Waals surface area contributed by atoms with Crippen LogP contribution in [0.5, 0.6) is 0 Å². The van der Waals surface area contributed by atoms with Crippen LogP contribution in [0.3, 0.4) is 0 Å². The van der Waals surface area contributed by atoms with Crippen LogP contribution in [0.1, 0.15) is 39.0 Å². The van der Waals surface area contributed by atoms with Gasteiger partial charge in [-0.25, -0.2) is 0 Å². The molecule has 0 nitrogen and oxygen atoms in total. The molecule has 0 unspecified atom stereocenters. The van der Waals surface area contributed by atoms with Crippen molar-refractivity contribution in [2.45, 2.75) is 39.0 Å². The minimum absolute atomic E-state index is 1.16. The van der Waals surface area contributed by atoms with Crippen LogP contribution in [-0.2, 0) is 0 Å². The van der Waals surface area contributed by atoms with Gasteiger partial charge in [0.15, 0.2) is 0 Å². The molecule has 0 N–H and O–H groups in total. The molecule has 0 atom stereocenters. The molecule has 0 aliphatic rings. The molecular weight excluding hydrogens is 224 g/mol. The SMILES string of the molecule is CCCCCC[C]#[Ce]. The summed E-state index contributed by atoms with van der Waals surface area (Å²) in [5, 5.41) is 0. The fourth-order valence-corrected chi connectivity index (χ4v) is 1.20.